The van der Waals surface area contributed by atoms with Crippen molar-refractivity contribution in [2.75, 3.05) is 13.7 Å². The second kappa shape index (κ2) is 8.79. The quantitative estimate of drug-likeness (QED) is 0.652. The van der Waals surface area contributed by atoms with Crippen LogP contribution >= 0.6 is 0 Å². The number of rotatable bonds is 8. The predicted molar refractivity (Wildman–Crippen MR) is 106 cm³/mol. The van der Waals surface area contributed by atoms with E-state index in [2.05, 4.69) is 49.6 Å². The maximum Gasteiger partial charge on any atom is 0.0945 e. The first-order valence-electron chi connectivity index (χ1n) is 9.11. The van der Waals surface area contributed by atoms with E-state index in [1.807, 2.05) is 41.1 Å². The molecule has 3 aromatic rings. The molecule has 0 radical (unpaired) electrons. The molecule has 26 heavy (non-hydrogen) atoms. The van der Waals surface area contributed by atoms with Crippen molar-refractivity contribution in [3.8, 4) is 5.69 Å². The third kappa shape index (κ3) is 4.40. The minimum Gasteiger partial charge on any atom is -0.375 e. The lowest BCUT2D eigenvalue weighted by molar-refractivity contribution is 0.102. The van der Waals surface area contributed by atoms with Gasteiger partial charge >= 0.3 is 0 Å². The number of hydrogen-bond acceptors (Lipinski definition) is 3. The van der Waals surface area contributed by atoms with Gasteiger partial charge in [0.15, 0.2) is 0 Å². The summed E-state index contributed by atoms with van der Waals surface area (Å²) in [4.78, 5) is 0. The van der Waals surface area contributed by atoms with Crippen LogP contribution < -0.4 is 5.32 Å². The number of nitrogens with zero attached hydrogens (tertiary/aromatic N) is 2. The van der Waals surface area contributed by atoms with Gasteiger partial charge in [-0.05, 0) is 23.6 Å². The van der Waals surface area contributed by atoms with Crippen LogP contribution in [0.1, 0.15) is 42.7 Å². The molecule has 136 valence electrons. The Hall–Kier alpha value is -2.43. The van der Waals surface area contributed by atoms with Gasteiger partial charge in [0.25, 0.3) is 0 Å². The molecule has 1 aromatic heterocycles. The lowest BCUT2D eigenvalue weighted by atomic mass is 10.1. The number of aromatic nitrogens is 2. The minimum atomic E-state index is 0.0443. The normalized spacial score (nSPS) is 12.5. The highest BCUT2D eigenvalue weighted by Crippen LogP contribution is 2.21. The van der Waals surface area contributed by atoms with Gasteiger partial charge in [0.2, 0.25) is 0 Å². The zero-order valence-corrected chi connectivity index (χ0v) is 15.7. The standard InChI is InChI=1S/C22H27N3O/c1-17(2)22-19(16-25(24-22)20-12-8-5-9-13-20)14-23-15-21(26-3)18-10-6-4-7-11-18/h4-13,16-17,21,23H,14-15H2,1-3H3. The summed E-state index contributed by atoms with van der Waals surface area (Å²) in [6, 6.07) is 20.6. The fraction of sp³-hybridized carbons (Fsp3) is 0.318. The SMILES string of the molecule is COC(CNCc1cn(-c2ccccc2)nc1C(C)C)c1ccccc1. The van der Waals surface area contributed by atoms with Gasteiger partial charge in [0.05, 0.1) is 17.5 Å². The highest BCUT2D eigenvalue weighted by Gasteiger charge is 2.14. The molecule has 0 fully saturated rings. The van der Waals surface area contributed by atoms with Crippen LogP contribution in [-0.2, 0) is 11.3 Å². The highest BCUT2D eigenvalue weighted by molar-refractivity contribution is 5.33. The van der Waals surface area contributed by atoms with Gasteiger partial charge in [-0.1, -0.05) is 62.4 Å². The van der Waals surface area contributed by atoms with E-state index >= 15 is 0 Å². The van der Waals surface area contributed by atoms with E-state index in [0.29, 0.717) is 5.92 Å². The first-order valence-corrected chi connectivity index (χ1v) is 9.11. The molecule has 0 aliphatic heterocycles. The van der Waals surface area contributed by atoms with Crippen molar-refractivity contribution in [2.24, 2.45) is 0 Å². The Morgan fingerprint density at radius 1 is 1.00 bits per heavy atom. The number of para-hydroxylation sites is 1. The fourth-order valence-electron chi connectivity index (χ4n) is 3.10. The van der Waals surface area contributed by atoms with Gasteiger partial charge in [0.1, 0.15) is 0 Å². The van der Waals surface area contributed by atoms with Crippen LogP contribution in [-0.4, -0.2) is 23.4 Å². The van der Waals surface area contributed by atoms with E-state index in [4.69, 9.17) is 9.84 Å². The third-order valence-corrected chi connectivity index (χ3v) is 4.49. The molecule has 1 unspecified atom stereocenters. The monoisotopic (exact) mass is 349 g/mol. The number of methoxy groups -OCH3 is 1. The third-order valence-electron chi connectivity index (χ3n) is 4.49. The first-order chi connectivity index (χ1) is 12.7. The number of ether oxygens (including phenoxy) is 1. The van der Waals surface area contributed by atoms with Gasteiger partial charge in [-0.25, -0.2) is 4.68 Å². The summed E-state index contributed by atoms with van der Waals surface area (Å²) < 4.78 is 7.61. The van der Waals surface area contributed by atoms with Gasteiger partial charge in [0, 0.05) is 32.0 Å². The highest BCUT2D eigenvalue weighted by atomic mass is 16.5. The van der Waals surface area contributed by atoms with E-state index < -0.39 is 0 Å². The zero-order valence-electron chi connectivity index (χ0n) is 15.7. The molecule has 4 nitrogen and oxygen atoms in total. The smallest absolute Gasteiger partial charge is 0.0945 e. The Bertz CT molecular complexity index is 797. The molecule has 1 heterocycles. The van der Waals surface area contributed by atoms with Crippen molar-refractivity contribution in [1.82, 2.24) is 15.1 Å². The summed E-state index contributed by atoms with van der Waals surface area (Å²) in [6.07, 6.45) is 2.17. The summed E-state index contributed by atoms with van der Waals surface area (Å²) in [5, 5.41) is 8.33. The van der Waals surface area contributed by atoms with Crippen LogP contribution in [0, 0.1) is 0 Å². The molecule has 1 atom stereocenters. The lowest BCUT2D eigenvalue weighted by Gasteiger charge is -2.16. The number of nitrogens with one attached hydrogen (secondary N) is 1. The van der Waals surface area contributed by atoms with Gasteiger partial charge in [-0.15, -0.1) is 0 Å². The van der Waals surface area contributed by atoms with Crippen molar-refractivity contribution in [3.63, 3.8) is 0 Å². The van der Waals surface area contributed by atoms with E-state index in [1.165, 1.54) is 11.1 Å². The summed E-state index contributed by atoms with van der Waals surface area (Å²) in [6.45, 7) is 5.90. The largest absolute Gasteiger partial charge is 0.375 e. The topological polar surface area (TPSA) is 39.1 Å². The maximum absolute atomic E-state index is 5.64. The molecular formula is C22H27N3O. The first kappa shape index (κ1) is 18.4. The molecule has 0 bridgehead atoms. The van der Waals surface area contributed by atoms with Crippen LogP contribution in [0.4, 0.5) is 0 Å². The molecule has 1 N–H and O–H groups in total. The molecular weight excluding hydrogens is 322 g/mol. The van der Waals surface area contributed by atoms with Crippen LogP contribution in [0.5, 0.6) is 0 Å². The Labute approximate surface area is 155 Å². The number of benzene rings is 2. The molecule has 0 amide bonds. The molecule has 0 aliphatic rings. The van der Waals surface area contributed by atoms with Crippen molar-refractivity contribution < 1.29 is 4.74 Å². The second-order valence-corrected chi connectivity index (χ2v) is 6.74. The summed E-state index contributed by atoms with van der Waals surface area (Å²) in [5.74, 6) is 0.379. The molecule has 4 heteroatoms. The Morgan fingerprint density at radius 3 is 2.27 bits per heavy atom. The Balaban J connectivity index is 1.70. The van der Waals surface area contributed by atoms with Gasteiger partial charge < -0.3 is 10.1 Å². The van der Waals surface area contributed by atoms with Crippen molar-refractivity contribution in [2.45, 2.75) is 32.4 Å². The average Bonchev–Trinajstić information content (AvgIpc) is 3.11. The minimum absolute atomic E-state index is 0.0443. The van der Waals surface area contributed by atoms with E-state index in [-0.39, 0.29) is 6.10 Å². The van der Waals surface area contributed by atoms with Crippen LogP contribution in [0.25, 0.3) is 5.69 Å². The van der Waals surface area contributed by atoms with Crippen LogP contribution in [0.3, 0.4) is 0 Å². The van der Waals surface area contributed by atoms with E-state index in [1.54, 1.807) is 7.11 Å². The van der Waals surface area contributed by atoms with Gasteiger partial charge in [-0.2, -0.15) is 5.10 Å². The van der Waals surface area contributed by atoms with E-state index in [0.717, 1.165) is 24.5 Å². The summed E-state index contributed by atoms with van der Waals surface area (Å²) >= 11 is 0. The Morgan fingerprint density at radius 2 is 1.65 bits per heavy atom. The summed E-state index contributed by atoms with van der Waals surface area (Å²) in [5.41, 5.74) is 4.63. The van der Waals surface area contributed by atoms with Crippen molar-refractivity contribution in [3.05, 3.63) is 83.7 Å². The second-order valence-electron chi connectivity index (χ2n) is 6.74. The van der Waals surface area contributed by atoms with Crippen molar-refractivity contribution in [1.29, 1.82) is 0 Å². The average molecular weight is 349 g/mol. The predicted octanol–water partition coefficient (Wildman–Crippen LogP) is 4.47. The van der Waals surface area contributed by atoms with Crippen LogP contribution in [0.2, 0.25) is 0 Å². The molecule has 0 aliphatic carbocycles. The molecule has 2 aromatic carbocycles. The lowest BCUT2D eigenvalue weighted by Crippen LogP contribution is -2.22. The van der Waals surface area contributed by atoms with E-state index in [9.17, 15) is 0 Å². The summed E-state index contributed by atoms with van der Waals surface area (Å²) in [7, 11) is 1.76. The maximum atomic E-state index is 5.64. The molecule has 3 rings (SSSR count). The molecule has 0 spiro atoms. The molecule has 0 saturated carbocycles. The van der Waals surface area contributed by atoms with Crippen LogP contribution in [0.15, 0.2) is 66.9 Å². The molecule has 0 saturated heterocycles. The van der Waals surface area contributed by atoms with Gasteiger partial charge in [-0.3, -0.25) is 0 Å². The Kier molecular flexibility index (Phi) is 6.21. The number of hydrogen-bond donors (Lipinski definition) is 1. The fourth-order valence-corrected chi connectivity index (χ4v) is 3.10. The zero-order chi connectivity index (χ0) is 18.4. The van der Waals surface area contributed by atoms with Crippen molar-refractivity contribution >= 4 is 0 Å².